The van der Waals surface area contributed by atoms with Crippen LogP contribution in [0.15, 0.2) is 29.2 Å². The van der Waals surface area contributed by atoms with E-state index in [9.17, 15) is 0 Å². The molecule has 1 saturated heterocycles. The molecule has 0 aliphatic carbocycles. The van der Waals surface area contributed by atoms with Crippen molar-refractivity contribution in [3.8, 4) is 0 Å². The van der Waals surface area contributed by atoms with E-state index in [1.54, 1.807) is 5.56 Å². The van der Waals surface area contributed by atoms with Crippen LogP contribution in [-0.2, 0) is 6.42 Å². The van der Waals surface area contributed by atoms with E-state index in [1.165, 1.54) is 63.2 Å². The first-order valence-corrected chi connectivity index (χ1v) is 9.43. The maximum absolute atomic E-state index is 3.66. The van der Waals surface area contributed by atoms with Gasteiger partial charge in [0, 0.05) is 29.3 Å². The van der Waals surface area contributed by atoms with Gasteiger partial charge >= 0.3 is 0 Å². The van der Waals surface area contributed by atoms with Crippen molar-refractivity contribution in [2.75, 3.05) is 26.2 Å². The summed E-state index contributed by atoms with van der Waals surface area (Å²) in [5, 5.41) is 4.41. The number of nitrogens with zero attached hydrogens (tertiary/aromatic N) is 1. The van der Waals surface area contributed by atoms with Crippen LogP contribution in [0.25, 0.3) is 0 Å². The van der Waals surface area contributed by atoms with E-state index in [1.807, 2.05) is 0 Å². The Hall–Kier alpha value is -0.510. The fourth-order valence-electron chi connectivity index (χ4n) is 3.51. The van der Waals surface area contributed by atoms with E-state index in [4.69, 9.17) is 0 Å². The number of unbranched alkanes of at least 4 members (excludes halogenated alkanes) is 1. The standard InChI is InChI=1S/C18H28N2S/c1-2-3-11-20(13-16-8-6-10-19-16)14-17-12-15-7-4-5-9-18(15)21-17/h4-5,7,9,16-17,19H,2-3,6,8,10-14H2,1H3. The van der Waals surface area contributed by atoms with E-state index in [0.29, 0.717) is 0 Å². The van der Waals surface area contributed by atoms with Crippen LogP contribution in [0.3, 0.4) is 0 Å². The summed E-state index contributed by atoms with van der Waals surface area (Å²) in [7, 11) is 0. The number of hydrogen-bond acceptors (Lipinski definition) is 3. The first-order valence-electron chi connectivity index (χ1n) is 8.55. The highest BCUT2D eigenvalue weighted by Gasteiger charge is 2.25. The summed E-state index contributed by atoms with van der Waals surface area (Å²) in [6.45, 7) is 7.27. The third-order valence-corrected chi connectivity index (χ3v) is 5.95. The second-order valence-corrected chi connectivity index (χ2v) is 7.80. The molecule has 0 saturated carbocycles. The molecule has 0 radical (unpaired) electrons. The average Bonchev–Trinajstić information content (AvgIpc) is 3.13. The molecular weight excluding hydrogens is 276 g/mol. The lowest BCUT2D eigenvalue weighted by atomic mass is 10.1. The molecule has 0 amide bonds. The largest absolute Gasteiger partial charge is 0.313 e. The third-order valence-electron chi connectivity index (χ3n) is 4.64. The molecule has 2 atom stereocenters. The van der Waals surface area contributed by atoms with E-state index in [-0.39, 0.29) is 0 Å². The Balaban J connectivity index is 1.54. The molecule has 1 N–H and O–H groups in total. The maximum atomic E-state index is 3.66. The van der Waals surface area contributed by atoms with Gasteiger partial charge in [0.1, 0.15) is 0 Å². The number of hydrogen-bond donors (Lipinski definition) is 1. The Labute approximate surface area is 133 Å². The second-order valence-electron chi connectivity index (χ2n) is 6.46. The van der Waals surface area contributed by atoms with Crippen molar-refractivity contribution in [1.29, 1.82) is 0 Å². The van der Waals surface area contributed by atoms with Crippen LogP contribution in [0.2, 0.25) is 0 Å². The summed E-state index contributed by atoms with van der Waals surface area (Å²) in [6, 6.07) is 9.67. The molecule has 0 aromatic heterocycles. The van der Waals surface area contributed by atoms with Gasteiger partial charge in [-0.3, -0.25) is 0 Å². The molecule has 116 valence electrons. The summed E-state index contributed by atoms with van der Waals surface area (Å²) in [5.74, 6) is 0. The monoisotopic (exact) mass is 304 g/mol. The second kappa shape index (κ2) is 7.66. The Morgan fingerprint density at radius 2 is 2.19 bits per heavy atom. The van der Waals surface area contributed by atoms with Gasteiger partial charge < -0.3 is 10.2 Å². The minimum Gasteiger partial charge on any atom is -0.313 e. The van der Waals surface area contributed by atoms with Crippen molar-refractivity contribution in [3.63, 3.8) is 0 Å². The summed E-state index contributed by atoms with van der Waals surface area (Å²) in [6.07, 6.45) is 6.60. The van der Waals surface area contributed by atoms with Crippen molar-refractivity contribution in [1.82, 2.24) is 10.2 Å². The number of thioether (sulfide) groups is 1. The van der Waals surface area contributed by atoms with Crippen LogP contribution in [0.5, 0.6) is 0 Å². The molecule has 0 bridgehead atoms. The summed E-state index contributed by atoms with van der Waals surface area (Å²) in [5.41, 5.74) is 1.56. The zero-order valence-corrected chi connectivity index (χ0v) is 14.0. The number of rotatable bonds is 7. The molecule has 3 heteroatoms. The van der Waals surface area contributed by atoms with Crippen molar-refractivity contribution in [2.45, 2.75) is 55.2 Å². The van der Waals surface area contributed by atoms with Crippen LogP contribution in [0.1, 0.15) is 38.2 Å². The third kappa shape index (κ3) is 4.24. The average molecular weight is 305 g/mol. The van der Waals surface area contributed by atoms with Gasteiger partial charge in [-0.25, -0.2) is 0 Å². The van der Waals surface area contributed by atoms with E-state index in [2.05, 4.69) is 53.2 Å². The fraction of sp³-hybridized carbons (Fsp3) is 0.667. The molecule has 2 aliphatic heterocycles. The molecule has 0 spiro atoms. The van der Waals surface area contributed by atoms with Crippen LogP contribution in [0, 0.1) is 0 Å². The molecule has 2 unspecified atom stereocenters. The lowest BCUT2D eigenvalue weighted by molar-refractivity contribution is 0.246. The topological polar surface area (TPSA) is 15.3 Å². The Bertz CT molecular complexity index is 418. The van der Waals surface area contributed by atoms with Gasteiger partial charge in [-0.1, -0.05) is 31.5 Å². The lowest BCUT2D eigenvalue weighted by Crippen LogP contribution is -2.41. The zero-order valence-electron chi connectivity index (χ0n) is 13.2. The molecule has 1 aromatic rings. The number of fused-ring (bicyclic) bond motifs is 1. The maximum Gasteiger partial charge on any atom is 0.0263 e. The minimum absolute atomic E-state index is 0.732. The van der Waals surface area contributed by atoms with Crippen LogP contribution < -0.4 is 5.32 Å². The zero-order chi connectivity index (χ0) is 14.5. The van der Waals surface area contributed by atoms with Crippen LogP contribution >= 0.6 is 11.8 Å². The van der Waals surface area contributed by atoms with Crippen LogP contribution in [-0.4, -0.2) is 42.4 Å². The molecule has 21 heavy (non-hydrogen) atoms. The molecular formula is C18H28N2S. The van der Waals surface area contributed by atoms with Gasteiger partial charge in [0.15, 0.2) is 0 Å². The first kappa shape index (κ1) is 15.4. The Morgan fingerprint density at radius 3 is 2.95 bits per heavy atom. The highest BCUT2D eigenvalue weighted by Crippen LogP contribution is 2.37. The molecule has 1 fully saturated rings. The van der Waals surface area contributed by atoms with Crippen LogP contribution in [0.4, 0.5) is 0 Å². The highest BCUT2D eigenvalue weighted by molar-refractivity contribution is 8.00. The van der Waals surface area contributed by atoms with E-state index >= 15 is 0 Å². The Morgan fingerprint density at radius 1 is 1.29 bits per heavy atom. The molecule has 2 aliphatic rings. The normalized spacial score (nSPS) is 24.7. The summed E-state index contributed by atoms with van der Waals surface area (Å²) in [4.78, 5) is 4.23. The van der Waals surface area contributed by atoms with Crippen molar-refractivity contribution in [3.05, 3.63) is 29.8 Å². The smallest absolute Gasteiger partial charge is 0.0263 e. The van der Waals surface area contributed by atoms with E-state index < -0.39 is 0 Å². The predicted molar refractivity (Wildman–Crippen MR) is 92.2 cm³/mol. The van der Waals surface area contributed by atoms with E-state index in [0.717, 1.165) is 11.3 Å². The molecule has 3 rings (SSSR count). The van der Waals surface area contributed by atoms with Crippen molar-refractivity contribution < 1.29 is 0 Å². The fourth-order valence-corrected chi connectivity index (χ4v) is 4.87. The number of benzene rings is 1. The van der Waals surface area contributed by atoms with Gasteiger partial charge in [0.2, 0.25) is 0 Å². The Kier molecular flexibility index (Phi) is 5.61. The van der Waals surface area contributed by atoms with Gasteiger partial charge in [-0.05, 0) is 50.4 Å². The minimum atomic E-state index is 0.732. The molecule has 2 heterocycles. The summed E-state index contributed by atoms with van der Waals surface area (Å²) >= 11 is 2.09. The number of nitrogens with one attached hydrogen (secondary N) is 1. The summed E-state index contributed by atoms with van der Waals surface area (Å²) < 4.78 is 0. The van der Waals surface area contributed by atoms with Gasteiger partial charge in [-0.15, -0.1) is 11.8 Å². The van der Waals surface area contributed by atoms with Gasteiger partial charge in [-0.2, -0.15) is 0 Å². The van der Waals surface area contributed by atoms with Crippen molar-refractivity contribution in [2.24, 2.45) is 0 Å². The molecule has 2 nitrogen and oxygen atoms in total. The molecule has 1 aromatic carbocycles. The lowest BCUT2D eigenvalue weighted by Gasteiger charge is -2.27. The highest BCUT2D eigenvalue weighted by atomic mass is 32.2. The predicted octanol–water partition coefficient (Wildman–Crippen LogP) is 3.56. The quantitative estimate of drug-likeness (QED) is 0.829. The van der Waals surface area contributed by atoms with Gasteiger partial charge in [0.05, 0.1) is 0 Å². The SMILES string of the molecule is CCCCN(CC1CCCN1)CC1Cc2ccccc2S1. The first-order chi connectivity index (χ1) is 10.3. The van der Waals surface area contributed by atoms with Gasteiger partial charge in [0.25, 0.3) is 0 Å². The van der Waals surface area contributed by atoms with Crippen molar-refractivity contribution >= 4 is 11.8 Å².